The molecule has 2 aliphatic rings. The zero-order chi connectivity index (χ0) is 20.9. The van der Waals surface area contributed by atoms with Crippen LogP contribution in [0.1, 0.15) is 24.9 Å². The molecule has 0 aromatic heterocycles. The number of halogens is 1. The number of carbonyl (C=O) groups excluding carboxylic acids is 2. The van der Waals surface area contributed by atoms with E-state index < -0.39 is 41.2 Å². The number of benzene rings is 2. The number of carboxylic acid groups (broad SMARTS) is 1. The lowest BCUT2D eigenvalue weighted by atomic mass is 9.78. The first-order valence-corrected chi connectivity index (χ1v) is 10.0. The minimum Gasteiger partial charge on any atom is -0.508 e. The lowest BCUT2D eigenvalue weighted by molar-refractivity contribution is -0.149. The molecule has 2 amide bonds. The molecule has 0 saturated carbocycles. The summed E-state index contributed by atoms with van der Waals surface area (Å²) < 4.78 is 0.794. The van der Waals surface area contributed by atoms with E-state index in [2.05, 4.69) is 21.2 Å². The van der Waals surface area contributed by atoms with Gasteiger partial charge in [-0.15, -0.1) is 0 Å². The van der Waals surface area contributed by atoms with Crippen molar-refractivity contribution in [3.8, 4) is 5.75 Å². The molecule has 8 heteroatoms. The van der Waals surface area contributed by atoms with E-state index in [1.54, 1.807) is 49.4 Å². The van der Waals surface area contributed by atoms with Crippen molar-refractivity contribution in [2.45, 2.75) is 24.9 Å². The Morgan fingerprint density at radius 2 is 1.79 bits per heavy atom. The maximum Gasteiger partial charge on any atom is 0.324 e. The van der Waals surface area contributed by atoms with E-state index in [0.29, 0.717) is 11.3 Å². The molecule has 2 fully saturated rings. The van der Waals surface area contributed by atoms with Crippen LogP contribution in [0.2, 0.25) is 0 Å². The first kappa shape index (κ1) is 19.6. The number of fused-ring (bicyclic) bond motifs is 1. The van der Waals surface area contributed by atoms with Crippen LogP contribution < -0.4 is 10.2 Å². The van der Waals surface area contributed by atoms with Crippen molar-refractivity contribution in [1.82, 2.24) is 5.32 Å². The van der Waals surface area contributed by atoms with Gasteiger partial charge >= 0.3 is 5.97 Å². The van der Waals surface area contributed by atoms with E-state index in [-0.39, 0.29) is 12.2 Å². The zero-order valence-electron chi connectivity index (χ0n) is 15.5. The Hall–Kier alpha value is -2.71. The van der Waals surface area contributed by atoms with Gasteiger partial charge in [-0.25, -0.2) is 4.90 Å². The summed E-state index contributed by atoms with van der Waals surface area (Å²) in [6.45, 7) is 1.67. The third kappa shape index (κ3) is 2.78. The predicted molar refractivity (Wildman–Crippen MR) is 108 cm³/mol. The van der Waals surface area contributed by atoms with Gasteiger partial charge in [-0.3, -0.25) is 19.7 Å². The molecule has 4 rings (SSSR count). The van der Waals surface area contributed by atoms with Crippen LogP contribution in [0, 0.1) is 11.8 Å². The number of para-hydroxylation sites is 1. The van der Waals surface area contributed by atoms with E-state index in [9.17, 15) is 24.6 Å². The summed E-state index contributed by atoms with van der Waals surface area (Å²) in [7, 11) is 0. The predicted octanol–water partition coefficient (Wildman–Crippen LogP) is 2.84. The fourth-order valence-electron chi connectivity index (χ4n) is 4.54. The standard InChI is InChI=1S/C21H19BrN2O5/c1-2-21(20(28)29)16-15(17(23-21)13-5-3-4-6-14(13)25)18(26)24(19(16)27)12-9-7-11(22)8-10-12/h3-10,15-17,23,25H,2H2,1H3,(H,28,29). The van der Waals surface area contributed by atoms with Gasteiger partial charge in [0.15, 0.2) is 0 Å². The van der Waals surface area contributed by atoms with Crippen molar-refractivity contribution in [2.75, 3.05) is 4.90 Å². The SMILES string of the molecule is CCC1(C(=O)O)NC(c2ccccc2O)C2C(=O)N(c3ccc(Br)cc3)C(=O)C21. The second-order valence-corrected chi connectivity index (χ2v) is 8.22. The minimum atomic E-state index is -1.60. The lowest BCUT2D eigenvalue weighted by Gasteiger charge is -2.30. The Morgan fingerprint density at radius 3 is 2.38 bits per heavy atom. The topological polar surface area (TPSA) is 107 Å². The van der Waals surface area contributed by atoms with Gasteiger partial charge in [0.05, 0.1) is 17.5 Å². The third-order valence-electron chi connectivity index (χ3n) is 5.95. The van der Waals surface area contributed by atoms with Crippen LogP contribution in [0.25, 0.3) is 0 Å². The van der Waals surface area contributed by atoms with Crippen LogP contribution in [-0.2, 0) is 14.4 Å². The van der Waals surface area contributed by atoms with Gasteiger partial charge in [0, 0.05) is 16.1 Å². The Labute approximate surface area is 175 Å². The number of aliphatic carboxylic acids is 1. The fourth-order valence-corrected chi connectivity index (χ4v) is 4.80. The van der Waals surface area contributed by atoms with Gasteiger partial charge in [-0.2, -0.15) is 0 Å². The first-order chi connectivity index (χ1) is 13.8. The molecular weight excluding hydrogens is 440 g/mol. The second kappa shape index (κ2) is 6.96. The monoisotopic (exact) mass is 458 g/mol. The number of nitrogens with zero attached hydrogens (tertiary/aromatic N) is 1. The molecule has 0 aliphatic carbocycles. The van der Waals surface area contributed by atoms with Crippen molar-refractivity contribution < 1.29 is 24.6 Å². The Kier molecular flexibility index (Phi) is 4.71. The van der Waals surface area contributed by atoms with Gasteiger partial charge in [-0.05, 0) is 36.8 Å². The molecule has 150 valence electrons. The van der Waals surface area contributed by atoms with Gasteiger partial charge in [-0.1, -0.05) is 41.1 Å². The number of phenolic OH excluding ortho intramolecular Hbond substituents is 1. The molecule has 0 spiro atoms. The second-order valence-electron chi connectivity index (χ2n) is 7.30. The minimum absolute atomic E-state index is 0.0524. The van der Waals surface area contributed by atoms with E-state index in [4.69, 9.17) is 0 Å². The summed E-state index contributed by atoms with van der Waals surface area (Å²) in [5.41, 5.74) is -0.809. The number of carbonyl (C=O) groups is 3. The van der Waals surface area contributed by atoms with Crippen LogP contribution in [-0.4, -0.2) is 33.5 Å². The summed E-state index contributed by atoms with van der Waals surface area (Å²) >= 11 is 3.33. The maximum absolute atomic E-state index is 13.4. The Balaban J connectivity index is 1.86. The van der Waals surface area contributed by atoms with E-state index >= 15 is 0 Å². The number of imide groups is 1. The highest BCUT2D eigenvalue weighted by Gasteiger charge is 2.68. The fraction of sp³-hybridized carbons (Fsp3) is 0.286. The molecule has 2 saturated heterocycles. The summed E-state index contributed by atoms with van der Waals surface area (Å²) in [6.07, 6.45) is 0.112. The van der Waals surface area contributed by atoms with Crippen LogP contribution in [0.5, 0.6) is 5.75 Å². The third-order valence-corrected chi connectivity index (χ3v) is 6.48. The summed E-state index contributed by atoms with van der Waals surface area (Å²) in [5.74, 6) is -4.27. The number of hydrogen-bond donors (Lipinski definition) is 3. The van der Waals surface area contributed by atoms with E-state index in [0.717, 1.165) is 9.37 Å². The van der Waals surface area contributed by atoms with E-state index in [1.165, 1.54) is 6.07 Å². The van der Waals surface area contributed by atoms with Crippen molar-refractivity contribution >= 4 is 39.4 Å². The number of phenols is 1. The van der Waals surface area contributed by atoms with Crippen LogP contribution in [0.3, 0.4) is 0 Å². The zero-order valence-corrected chi connectivity index (χ0v) is 17.1. The van der Waals surface area contributed by atoms with Crippen LogP contribution >= 0.6 is 15.9 Å². The number of amides is 2. The van der Waals surface area contributed by atoms with E-state index in [1.807, 2.05) is 0 Å². The highest BCUT2D eigenvalue weighted by atomic mass is 79.9. The first-order valence-electron chi connectivity index (χ1n) is 9.24. The average Bonchev–Trinajstić information content (AvgIpc) is 3.18. The maximum atomic E-state index is 13.4. The lowest BCUT2D eigenvalue weighted by Crippen LogP contribution is -2.55. The number of anilines is 1. The molecule has 29 heavy (non-hydrogen) atoms. The van der Waals surface area contributed by atoms with Gasteiger partial charge < -0.3 is 10.2 Å². The number of aromatic hydroxyl groups is 1. The normalized spacial score (nSPS) is 28.6. The quantitative estimate of drug-likeness (QED) is 0.608. The molecule has 2 aromatic carbocycles. The number of nitrogens with one attached hydrogen (secondary N) is 1. The molecule has 4 atom stereocenters. The van der Waals surface area contributed by atoms with Gasteiger partial charge in [0.25, 0.3) is 0 Å². The number of rotatable bonds is 4. The van der Waals surface area contributed by atoms with Gasteiger partial charge in [0.2, 0.25) is 11.8 Å². The number of hydrogen-bond acceptors (Lipinski definition) is 5. The van der Waals surface area contributed by atoms with Crippen molar-refractivity contribution in [3.63, 3.8) is 0 Å². The van der Waals surface area contributed by atoms with Crippen LogP contribution in [0.4, 0.5) is 5.69 Å². The molecule has 2 aliphatic heterocycles. The summed E-state index contributed by atoms with van der Waals surface area (Å²) in [6, 6.07) is 12.4. The van der Waals surface area contributed by atoms with Crippen molar-refractivity contribution in [2.24, 2.45) is 11.8 Å². The molecule has 7 nitrogen and oxygen atoms in total. The Bertz CT molecular complexity index is 1010. The largest absolute Gasteiger partial charge is 0.508 e. The molecule has 2 heterocycles. The molecule has 3 N–H and O–H groups in total. The van der Waals surface area contributed by atoms with Crippen LogP contribution in [0.15, 0.2) is 53.0 Å². The molecular formula is C21H19BrN2O5. The average molecular weight is 459 g/mol. The van der Waals surface area contributed by atoms with Gasteiger partial charge in [0.1, 0.15) is 11.3 Å². The molecule has 4 unspecified atom stereocenters. The smallest absolute Gasteiger partial charge is 0.324 e. The molecule has 2 aromatic rings. The highest BCUT2D eigenvalue weighted by Crippen LogP contribution is 2.52. The number of carboxylic acids is 1. The Morgan fingerprint density at radius 1 is 1.14 bits per heavy atom. The highest BCUT2D eigenvalue weighted by molar-refractivity contribution is 9.10. The summed E-state index contributed by atoms with van der Waals surface area (Å²) in [4.78, 5) is 40.1. The van der Waals surface area contributed by atoms with Crippen molar-refractivity contribution in [3.05, 3.63) is 58.6 Å². The molecule has 0 radical (unpaired) electrons. The molecule has 0 bridgehead atoms. The van der Waals surface area contributed by atoms with Crippen molar-refractivity contribution in [1.29, 1.82) is 0 Å². The summed E-state index contributed by atoms with van der Waals surface area (Å²) in [5, 5.41) is 23.4.